The first kappa shape index (κ1) is 14.5. The highest BCUT2D eigenvalue weighted by atomic mass is 79.9. The highest BCUT2D eigenvalue weighted by Gasteiger charge is 2.16. The molecule has 1 N–H and O–H groups in total. The van der Waals surface area contributed by atoms with Gasteiger partial charge in [-0.05, 0) is 36.2 Å². The fourth-order valence-electron chi connectivity index (χ4n) is 1.70. The Hall–Kier alpha value is -1.92. The van der Waals surface area contributed by atoms with E-state index in [2.05, 4.69) is 15.9 Å². The van der Waals surface area contributed by atoms with Gasteiger partial charge in [0.2, 0.25) is 5.75 Å². The van der Waals surface area contributed by atoms with Gasteiger partial charge < -0.3 is 9.84 Å². The van der Waals surface area contributed by atoms with Crippen molar-refractivity contribution in [3.63, 3.8) is 0 Å². The molecule has 0 atom stereocenters. The number of nitro groups is 1. The van der Waals surface area contributed by atoms with Crippen LogP contribution >= 0.6 is 15.9 Å². The third-order valence-electron chi connectivity index (χ3n) is 2.67. The topological polar surface area (TPSA) is 72.6 Å². The lowest BCUT2D eigenvalue weighted by atomic mass is 10.1. The summed E-state index contributed by atoms with van der Waals surface area (Å²) in [6, 6.07) is 11.7. The number of ether oxygens (including phenoxy) is 1. The van der Waals surface area contributed by atoms with E-state index in [4.69, 9.17) is 9.84 Å². The lowest BCUT2D eigenvalue weighted by Crippen LogP contribution is -1.94. The Bertz CT molecular complexity index is 613. The van der Waals surface area contributed by atoms with E-state index in [1.807, 2.05) is 12.1 Å². The molecule has 0 aliphatic rings. The van der Waals surface area contributed by atoms with E-state index in [0.29, 0.717) is 16.6 Å². The summed E-state index contributed by atoms with van der Waals surface area (Å²) >= 11 is 3.19. The van der Waals surface area contributed by atoms with Crippen molar-refractivity contribution in [3.05, 3.63) is 62.6 Å². The van der Waals surface area contributed by atoms with Gasteiger partial charge in [0.05, 0.1) is 4.92 Å². The second-order valence-corrected chi connectivity index (χ2v) is 5.00. The molecule has 0 unspecified atom stereocenters. The summed E-state index contributed by atoms with van der Waals surface area (Å²) in [6.45, 7) is 0.0817. The first-order chi connectivity index (χ1) is 9.60. The molecule has 0 bridgehead atoms. The Kier molecular flexibility index (Phi) is 4.70. The summed E-state index contributed by atoms with van der Waals surface area (Å²) in [6.07, 6.45) is 0.568. The van der Waals surface area contributed by atoms with Gasteiger partial charge >= 0.3 is 5.69 Å². The summed E-state index contributed by atoms with van der Waals surface area (Å²) in [5.41, 5.74) is 0.879. The SMILES string of the molecule is O=[N+]([O-])c1cc(Br)ccc1Oc1ccc(CCO)cc1. The molecule has 0 amide bonds. The average molecular weight is 338 g/mol. The van der Waals surface area contributed by atoms with Crippen molar-refractivity contribution < 1.29 is 14.8 Å². The van der Waals surface area contributed by atoms with Gasteiger partial charge in [0, 0.05) is 17.1 Å². The number of aliphatic hydroxyl groups excluding tert-OH is 1. The molecule has 0 saturated heterocycles. The summed E-state index contributed by atoms with van der Waals surface area (Å²) in [7, 11) is 0. The van der Waals surface area contributed by atoms with Crippen LogP contribution in [0.4, 0.5) is 5.69 Å². The number of benzene rings is 2. The standard InChI is InChI=1S/C14H12BrNO4/c15-11-3-6-14(13(9-11)16(18)19)20-12-4-1-10(2-5-12)7-8-17/h1-6,9,17H,7-8H2. The van der Waals surface area contributed by atoms with Crippen molar-refractivity contribution in [2.45, 2.75) is 6.42 Å². The minimum absolute atomic E-state index is 0.0817. The van der Waals surface area contributed by atoms with Crippen LogP contribution in [0, 0.1) is 10.1 Å². The van der Waals surface area contributed by atoms with Gasteiger partial charge in [-0.1, -0.05) is 28.1 Å². The molecule has 2 rings (SSSR count). The number of nitrogens with zero attached hydrogens (tertiary/aromatic N) is 1. The van der Waals surface area contributed by atoms with Crippen LogP contribution in [0.2, 0.25) is 0 Å². The zero-order valence-corrected chi connectivity index (χ0v) is 12.0. The summed E-state index contributed by atoms with van der Waals surface area (Å²) < 4.78 is 6.15. The molecule has 0 spiro atoms. The van der Waals surface area contributed by atoms with Gasteiger partial charge in [-0.2, -0.15) is 0 Å². The Labute approximate surface area is 124 Å². The van der Waals surface area contributed by atoms with Gasteiger partial charge in [0.15, 0.2) is 0 Å². The van der Waals surface area contributed by atoms with Crippen LogP contribution in [-0.4, -0.2) is 16.6 Å². The van der Waals surface area contributed by atoms with Gasteiger partial charge in [-0.15, -0.1) is 0 Å². The molecule has 5 nitrogen and oxygen atoms in total. The Morgan fingerprint density at radius 1 is 1.20 bits per heavy atom. The van der Waals surface area contributed by atoms with Gasteiger partial charge in [-0.3, -0.25) is 10.1 Å². The molecule has 0 aliphatic carbocycles. The van der Waals surface area contributed by atoms with Crippen LogP contribution in [0.25, 0.3) is 0 Å². The lowest BCUT2D eigenvalue weighted by molar-refractivity contribution is -0.385. The minimum Gasteiger partial charge on any atom is -0.450 e. The minimum atomic E-state index is -0.486. The maximum Gasteiger partial charge on any atom is 0.312 e. The van der Waals surface area contributed by atoms with E-state index < -0.39 is 4.92 Å². The quantitative estimate of drug-likeness (QED) is 0.667. The first-order valence-corrected chi connectivity index (χ1v) is 6.71. The molecular formula is C14H12BrNO4. The predicted octanol–water partition coefficient (Wildman–Crippen LogP) is 3.68. The maximum absolute atomic E-state index is 11.0. The van der Waals surface area contributed by atoms with E-state index in [-0.39, 0.29) is 18.0 Å². The molecule has 0 saturated carbocycles. The maximum atomic E-state index is 11.0. The normalized spacial score (nSPS) is 10.3. The van der Waals surface area contributed by atoms with Crippen LogP contribution in [0.1, 0.15) is 5.56 Å². The number of halogens is 1. The number of nitro benzene ring substituents is 1. The predicted molar refractivity (Wildman–Crippen MR) is 78.1 cm³/mol. The smallest absolute Gasteiger partial charge is 0.312 e. The van der Waals surface area contributed by atoms with Gasteiger partial charge in [-0.25, -0.2) is 0 Å². The van der Waals surface area contributed by atoms with E-state index in [0.717, 1.165) is 5.56 Å². The average Bonchev–Trinajstić information content (AvgIpc) is 2.43. The molecule has 0 fully saturated rings. The van der Waals surface area contributed by atoms with Crippen molar-refractivity contribution in [3.8, 4) is 11.5 Å². The molecule has 6 heteroatoms. The highest BCUT2D eigenvalue weighted by molar-refractivity contribution is 9.10. The summed E-state index contributed by atoms with van der Waals surface area (Å²) in [5, 5.41) is 19.8. The Morgan fingerprint density at radius 3 is 2.50 bits per heavy atom. The van der Waals surface area contributed by atoms with Crippen molar-refractivity contribution in [2.24, 2.45) is 0 Å². The van der Waals surface area contributed by atoms with Crippen molar-refractivity contribution in [1.82, 2.24) is 0 Å². The number of hydrogen-bond acceptors (Lipinski definition) is 4. The molecule has 104 valence electrons. The van der Waals surface area contributed by atoms with Crippen LogP contribution in [0.5, 0.6) is 11.5 Å². The molecule has 20 heavy (non-hydrogen) atoms. The van der Waals surface area contributed by atoms with Crippen molar-refractivity contribution in [2.75, 3.05) is 6.61 Å². The molecule has 2 aromatic rings. The van der Waals surface area contributed by atoms with E-state index >= 15 is 0 Å². The molecule has 2 aromatic carbocycles. The molecule has 0 aliphatic heterocycles. The van der Waals surface area contributed by atoms with E-state index in [9.17, 15) is 10.1 Å². The fraction of sp³-hybridized carbons (Fsp3) is 0.143. The fourth-order valence-corrected chi connectivity index (χ4v) is 2.05. The number of aliphatic hydroxyl groups is 1. The Balaban J connectivity index is 2.23. The monoisotopic (exact) mass is 337 g/mol. The molecule has 0 aromatic heterocycles. The third kappa shape index (κ3) is 3.55. The van der Waals surface area contributed by atoms with Crippen LogP contribution in [0.3, 0.4) is 0 Å². The molecule has 0 radical (unpaired) electrons. The van der Waals surface area contributed by atoms with Crippen LogP contribution < -0.4 is 4.74 Å². The molecule has 0 heterocycles. The van der Waals surface area contributed by atoms with Crippen LogP contribution in [-0.2, 0) is 6.42 Å². The Morgan fingerprint density at radius 2 is 1.90 bits per heavy atom. The zero-order valence-electron chi connectivity index (χ0n) is 10.5. The van der Waals surface area contributed by atoms with Crippen molar-refractivity contribution in [1.29, 1.82) is 0 Å². The zero-order chi connectivity index (χ0) is 14.5. The van der Waals surface area contributed by atoms with Crippen LogP contribution in [0.15, 0.2) is 46.9 Å². The largest absolute Gasteiger partial charge is 0.450 e. The highest BCUT2D eigenvalue weighted by Crippen LogP contribution is 2.33. The second kappa shape index (κ2) is 6.49. The molecular weight excluding hydrogens is 326 g/mol. The van der Waals surface area contributed by atoms with Crippen molar-refractivity contribution >= 4 is 21.6 Å². The number of rotatable bonds is 5. The first-order valence-electron chi connectivity index (χ1n) is 5.92. The van der Waals surface area contributed by atoms with Gasteiger partial charge in [0.1, 0.15) is 5.75 Å². The number of hydrogen-bond donors (Lipinski definition) is 1. The summed E-state index contributed by atoms with van der Waals surface area (Å²) in [4.78, 5) is 10.5. The lowest BCUT2D eigenvalue weighted by Gasteiger charge is -2.07. The van der Waals surface area contributed by atoms with Gasteiger partial charge in [0.25, 0.3) is 0 Å². The second-order valence-electron chi connectivity index (χ2n) is 4.09. The van der Waals surface area contributed by atoms with E-state index in [1.165, 1.54) is 6.07 Å². The summed E-state index contributed by atoms with van der Waals surface area (Å²) in [5.74, 6) is 0.699. The third-order valence-corrected chi connectivity index (χ3v) is 3.16. The van der Waals surface area contributed by atoms with E-state index in [1.54, 1.807) is 24.3 Å².